The molecule has 0 radical (unpaired) electrons. The van der Waals surface area contributed by atoms with Crippen molar-refractivity contribution in [2.24, 2.45) is 0 Å². The van der Waals surface area contributed by atoms with E-state index < -0.39 is 20.0 Å². The number of unbranched alkanes of at least 4 members (excludes halogenated alkanes) is 46. The Hall–Kier alpha value is -0.760. The Morgan fingerprint density at radius 3 is 1.04 bits per heavy atom. The number of aliphatic hydroxyl groups is 1. The predicted octanol–water partition coefficient (Wildman–Crippen LogP) is 19.4. The number of hydrogen-bond acceptors (Lipinski definition) is 5. The Balaban J connectivity index is 4.10. The van der Waals surface area contributed by atoms with Crippen LogP contribution in [-0.4, -0.2) is 73.4 Å². The minimum Gasteiger partial charge on any atom is -0.387 e. The number of allylic oxidation sites excluding steroid dienone is 1. The smallest absolute Gasteiger partial charge is 0.387 e. The number of phosphoric acid groups is 1. The first-order valence-corrected chi connectivity index (χ1v) is 33.1. The number of aliphatic hydroxyl groups excluding tert-OH is 1. The van der Waals surface area contributed by atoms with Crippen LogP contribution in [-0.2, 0) is 18.4 Å². The fraction of sp³-hybridized carbons (Fsp3) is 0.952. The van der Waals surface area contributed by atoms with Gasteiger partial charge in [-0.25, -0.2) is 4.57 Å². The molecule has 0 aromatic carbocycles. The molecule has 1 amide bonds. The van der Waals surface area contributed by atoms with Gasteiger partial charge in [0.2, 0.25) is 5.91 Å². The molecular formula is C62H126N2O6P+. The van der Waals surface area contributed by atoms with Crippen LogP contribution in [0.25, 0.3) is 0 Å². The average molecular weight is 1030 g/mol. The summed E-state index contributed by atoms with van der Waals surface area (Å²) in [4.78, 5) is 23.3. The Morgan fingerprint density at radius 2 is 0.746 bits per heavy atom. The second-order valence-corrected chi connectivity index (χ2v) is 24.6. The largest absolute Gasteiger partial charge is 0.472 e. The van der Waals surface area contributed by atoms with Gasteiger partial charge in [0.15, 0.2) is 0 Å². The van der Waals surface area contributed by atoms with Crippen molar-refractivity contribution in [1.82, 2.24) is 5.32 Å². The van der Waals surface area contributed by atoms with Crippen LogP contribution in [0.3, 0.4) is 0 Å². The summed E-state index contributed by atoms with van der Waals surface area (Å²) in [7, 11) is 1.59. The van der Waals surface area contributed by atoms with Gasteiger partial charge in [-0.3, -0.25) is 13.8 Å². The van der Waals surface area contributed by atoms with E-state index in [9.17, 15) is 19.4 Å². The zero-order chi connectivity index (χ0) is 52.0. The van der Waals surface area contributed by atoms with Crippen LogP contribution in [0.4, 0.5) is 0 Å². The molecule has 0 aliphatic heterocycles. The summed E-state index contributed by atoms with van der Waals surface area (Å²) in [6, 6.07) is -0.843. The number of amides is 1. The van der Waals surface area contributed by atoms with Gasteiger partial charge in [0.1, 0.15) is 13.2 Å². The quantitative estimate of drug-likeness (QED) is 0.0243. The minimum absolute atomic E-state index is 0.0653. The van der Waals surface area contributed by atoms with Crippen molar-refractivity contribution >= 4 is 13.7 Å². The van der Waals surface area contributed by atoms with Gasteiger partial charge >= 0.3 is 7.82 Å². The van der Waals surface area contributed by atoms with Crippen molar-refractivity contribution in [3.8, 4) is 0 Å². The molecule has 0 rings (SSSR count). The first-order chi connectivity index (χ1) is 34.5. The normalized spacial score (nSPS) is 13.8. The predicted molar refractivity (Wildman–Crippen MR) is 309 cm³/mol. The van der Waals surface area contributed by atoms with Gasteiger partial charge in [-0.2, -0.15) is 0 Å². The first-order valence-electron chi connectivity index (χ1n) is 31.6. The molecule has 424 valence electrons. The van der Waals surface area contributed by atoms with E-state index in [0.717, 1.165) is 32.1 Å². The lowest BCUT2D eigenvalue weighted by molar-refractivity contribution is -0.870. The molecule has 0 spiro atoms. The molecule has 3 N–H and O–H groups in total. The lowest BCUT2D eigenvalue weighted by Gasteiger charge is -2.25. The van der Waals surface area contributed by atoms with Gasteiger partial charge in [-0.15, -0.1) is 0 Å². The van der Waals surface area contributed by atoms with Crippen molar-refractivity contribution in [3.05, 3.63) is 12.2 Å². The Bertz CT molecular complexity index is 1160. The first kappa shape index (κ1) is 70.2. The molecule has 8 nitrogen and oxygen atoms in total. The van der Waals surface area contributed by atoms with Crippen LogP contribution in [0.5, 0.6) is 0 Å². The number of hydrogen-bond donors (Lipinski definition) is 3. The molecule has 0 bridgehead atoms. The molecule has 0 fully saturated rings. The van der Waals surface area contributed by atoms with E-state index in [0.29, 0.717) is 17.4 Å². The minimum atomic E-state index is -4.34. The summed E-state index contributed by atoms with van der Waals surface area (Å²) in [6.07, 6.45) is 67.6. The van der Waals surface area contributed by atoms with E-state index in [2.05, 4.69) is 19.2 Å². The highest BCUT2D eigenvalue weighted by molar-refractivity contribution is 7.47. The van der Waals surface area contributed by atoms with Crippen LogP contribution in [0.2, 0.25) is 0 Å². The molecule has 0 aliphatic rings. The van der Waals surface area contributed by atoms with Crippen LogP contribution in [0, 0.1) is 0 Å². The SMILES string of the molecule is CCCCCCCCCCCCCCCCCCCCCCCCCCCC/C=C/C(O)C(COP(=O)(O)OCC[N+](C)(C)C)NC(=O)CCCCCCCCCCCCCCCCCCCCCCC. The summed E-state index contributed by atoms with van der Waals surface area (Å²) < 4.78 is 23.8. The number of rotatable bonds is 59. The summed E-state index contributed by atoms with van der Waals surface area (Å²) >= 11 is 0. The Morgan fingerprint density at radius 1 is 0.465 bits per heavy atom. The topological polar surface area (TPSA) is 105 Å². The number of carbonyl (C=O) groups is 1. The third-order valence-electron chi connectivity index (χ3n) is 14.8. The summed E-state index contributed by atoms with van der Waals surface area (Å²) in [5.41, 5.74) is 0. The van der Waals surface area contributed by atoms with E-state index in [1.807, 2.05) is 27.2 Å². The molecule has 9 heteroatoms. The molecule has 0 aromatic heterocycles. The number of nitrogens with zero attached hydrogens (tertiary/aromatic N) is 1. The summed E-state index contributed by atoms with van der Waals surface area (Å²) in [5.74, 6) is -0.169. The monoisotopic (exact) mass is 1030 g/mol. The van der Waals surface area contributed by atoms with Crippen molar-refractivity contribution in [1.29, 1.82) is 0 Å². The fourth-order valence-corrected chi connectivity index (χ4v) is 10.5. The number of phosphoric ester groups is 1. The lowest BCUT2D eigenvalue weighted by atomic mass is 10.0. The van der Waals surface area contributed by atoms with Gasteiger partial charge in [0, 0.05) is 6.42 Å². The number of carbonyl (C=O) groups excluding carboxylic acids is 1. The molecule has 71 heavy (non-hydrogen) atoms. The highest BCUT2D eigenvalue weighted by atomic mass is 31.2. The van der Waals surface area contributed by atoms with Crippen LogP contribution in [0.1, 0.15) is 328 Å². The van der Waals surface area contributed by atoms with Crippen molar-refractivity contribution < 1.29 is 32.9 Å². The van der Waals surface area contributed by atoms with Crippen LogP contribution < -0.4 is 5.32 Å². The molecule has 0 aliphatic carbocycles. The zero-order valence-corrected chi connectivity index (χ0v) is 49.4. The summed E-state index contributed by atoms with van der Waals surface area (Å²) in [6.45, 7) is 4.88. The highest BCUT2D eigenvalue weighted by Crippen LogP contribution is 2.43. The number of likely N-dealkylation sites (N-methyl/N-ethyl adjacent to an activating group) is 1. The Labute approximate surface area is 443 Å². The number of nitrogens with one attached hydrogen (secondary N) is 1. The van der Waals surface area contributed by atoms with Gasteiger partial charge in [0.25, 0.3) is 0 Å². The van der Waals surface area contributed by atoms with Gasteiger partial charge in [0.05, 0.1) is 39.9 Å². The Kier molecular flexibility index (Phi) is 53.5. The van der Waals surface area contributed by atoms with Gasteiger partial charge < -0.3 is 19.8 Å². The molecule has 3 atom stereocenters. The van der Waals surface area contributed by atoms with Crippen LogP contribution in [0.15, 0.2) is 12.2 Å². The number of quaternary nitrogens is 1. The van der Waals surface area contributed by atoms with Gasteiger partial charge in [-0.05, 0) is 19.3 Å². The summed E-state index contributed by atoms with van der Waals surface area (Å²) in [5, 5.41) is 14.0. The maximum absolute atomic E-state index is 13.0. The van der Waals surface area contributed by atoms with Crippen molar-refractivity contribution in [2.45, 2.75) is 341 Å². The van der Waals surface area contributed by atoms with E-state index in [-0.39, 0.29) is 19.1 Å². The molecule has 0 saturated carbocycles. The maximum atomic E-state index is 13.0. The second kappa shape index (κ2) is 54.0. The molecule has 0 saturated heterocycles. The zero-order valence-electron chi connectivity index (χ0n) is 48.5. The average Bonchev–Trinajstić information content (AvgIpc) is 3.33. The van der Waals surface area contributed by atoms with Crippen molar-refractivity contribution in [2.75, 3.05) is 40.9 Å². The third kappa shape index (κ3) is 56.8. The third-order valence-corrected chi connectivity index (χ3v) is 15.7. The molecular weight excluding hydrogens is 900 g/mol. The highest BCUT2D eigenvalue weighted by Gasteiger charge is 2.28. The maximum Gasteiger partial charge on any atom is 0.472 e. The van der Waals surface area contributed by atoms with Crippen molar-refractivity contribution in [3.63, 3.8) is 0 Å². The molecule has 0 aromatic rings. The molecule has 3 unspecified atom stereocenters. The van der Waals surface area contributed by atoms with Gasteiger partial charge in [-0.1, -0.05) is 315 Å². The fourth-order valence-electron chi connectivity index (χ4n) is 9.81. The second-order valence-electron chi connectivity index (χ2n) is 23.2. The van der Waals surface area contributed by atoms with E-state index >= 15 is 0 Å². The van der Waals surface area contributed by atoms with Crippen LogP contribution >= 0.6 is 7.82 Å². The van der Waals surface area contributed by atoms with E-state index in [1.54, 1.807) is 6.08 Å². The molecule has 0 heterocycles. The standard InChI is InChI=1S/C62H125N2O6P/c1-6-8-10-12-14-16-18-20-22-24-26-28-29-30-31-32-33-34-36-37-39-41-43-45-47-49-51-53-55-61(65)60(59-70-71(67,68)69-58-57-64(3,4)5)63-62(66)56-54-52-50-48-46-44-42-40-38-35-27-25-23-21-19-17-15-13-11-9-7-2/h53,55,60-61,65H,6-52,54,56-59H2,1-5H3,(H-,63,66,67,68)/p+1/b55-53+. The van der Waals surface area contributed by atoms with E-state index in [1.165, 1.54) is 276 Å². The lowest BCUT2D eigenvalue weighted by Crippen LogP contribution is -2.45. The van der Waals surface area contributed by atoms with E-state index in [4.69, 9.17) is 9.05 Å².